The largest absolute Gasteiger partial charge is 0.399 e. The van der Waals surface area contributed by atoms with Crippen molar-refractivity contribution < 1.29 is 0 Å². The van der Waals surface area contributed by atoms with Crippen LogP contribution in [0.25, 0.3) is 0 Å². The molecule has 1 aliphatic rings. The molecule has 8 N–H and O–H groups in total. The van der Waals surface area contributed by atoms with Gasteiger partial charge in [0, 0.05) is 17.4 Å². The molecule has 4 heteroatoms. The minimum Gasteiger partial charge on any atom is -0.399 e. The normalized spacial score (nSPS) is 27.6. The van der Waals surface area contributed by atoms with Crippen molar-refractivity contribution in [3.05, 3.63) is 23.8 Å². The summed E-state index contributed by atoms with van der Waals surface area (Å²) in [6.07, 6.45) is 3.44. The Morgan fingerprint density at radius 1 is 1.05 bits per heavy atom. The standard InChI is InChI=1S/C10H22N2.C7H10N2/c1-9(2)4-8(12)5-10(3,6-9)7-11;1-5-2-6(8)4-7(9)3-5/h8H,4-7,11-12H2,1-3H3;2-4H,8-9H2,1H3. The van der Waals surface area contributed by atoms with Gasteiger partial charge < -0.3 is 22.9 Å². The lowest BCUT2D eigenvalue weighted by Gasteiger charge is -2.45. The molecule has 2 unspecified atom stereocenters. The third-order valence-electron chi connectivity index (χ3n) is 4.09. The Kier molecular flexibility index (Phi) is 5.65. The van der Waals surface area contributed by atoms with Gasteiger partial charge >= 0.3 is 0 Å². The maximum atomic E-state index is 6.01. The highest BCUT2D eigenvalue weighted by molar-refractivity contribution is 5.53. The Bertz CT molecular complexity index is 419. The van der Waals surface area contributed by atoms with Crippen molar-refractivity contribution in [3.8, 4) is 0 Å². The predicted molar refractivity (Wildman–Crippen MR) is 92.8 cm³/mol. The number of benzene rings is 1. The molecule has 0 bridgehead atoms. The lowest BCUT2D eigenvalue weighted by molar-refractivity contribution is 0.0904. The molecule has 0 aliphatic heterocycles. The van der Waals surface area contributed by atoms with E-state index in [9.17, 15) is 0 Å². The van der Waals surface area contributed by atoms with Crippen molar-refractivity contribution in [2.24, 2.45) is 22.3 Å². The van der Waals surface area contributed by atoms with E-state index in [1.54, 1.807) is 6.07 Å². The lowest BCUT2D eigenvalue weighted by atomic mass is 9.63. The summed E-state index contributed by atoms with van der Waals surface area (Å²) < 4.78 is 0. The van der Waals surface area contributed by atoms with Crippen LogP contribution in [0.15, 0.2) is 18.2 Å². The number of nitrogen functional groups attached to an aromatic ring is 2. The van der Waals surface area contributed by atoms with Crippen LogP contribution in [-0.4, -0.2) is 12.6 Å². The summed E-state index contributed by atoms with van der Waals surface area (Å²) in [5, 5.41) is 0. The molecule has 0 aromatic heterocycles. The van der Waals surface area contributed by atoms with Gasteiger partial charge in [-0.05, 0) is 67.3 Å². The molecular formula is C17H32N4. The van der Waals surface area contributed by atoms with E-state index in [1.165, 1.54) is 6.42 Å². The summed E-state index contributed by atoms with van der Waals surface area (Å²) in [5.74, 6) is 0. The molecule has 21 heavy (non-hydrogen) atoms. The Labute approximate surface area is 129 Å². The van der Waals surface area contributed by atoms with Gasteiger partial charge in [0.15, 0.2) is 0 Å². The van der Waals surface area contributed by atoms with E-state index in [1.807, 2.05) is 19.1 Å². The second-order valence-corrected chi connectivity index (χ2v) is 7.70. The number of aryl methyl sites for hydroxylation is 1. The van der Waals surface area contributed by atoms with Crippen molar-refractivity contribution >= 4 is 11.4 Å². The van der Waals surface area contributed by atoms with Crippen LogP contribution < -0.4 is 22.9 Å². The highest BCUT2D eigenvalue weighted by atomic mass is 14.7. The molecule has 2 atom stereocenters. The molecule has 1 saturated carbocycles. The SMILES string of the molecule is CC1(C)CC(N)CC(C)(CN)C1.Cc1cc(N)cc(N)c1. The number of hydrogen-bond acceptors (Lipinski definition) is 4. The first-order valence-corrected chi connectivity index (χ1v) is 7.64. The van der Waals surface area contributed by atoms with E-state index in [0.29, 0.717) is 11.5 Å². The first-order valence-electron chi connectivity index (χ1n) is 7.64. The summed E-state index contributed by atoms with van der Waals surface area (Å²) in [5.41, 5.74) is 26.0. The predicted octanol–water partition coefficient (Wildman–Crippen LogP) is 2.65. The third kappa shape index (κ3) is 5.94. The fraction of sp³-hybridized carbons (Fsp3) is 0.647. The van der Waals surface area contributed by atoms with Crippen LogP contribution in [0.2, 0.25) is 0 Å². The van der Waals surface area contributed by atoms with Crippen molar-refractivity contribution in [1.29, 1.82) is 0 Å². The number of nitrogens with two attached hydrogens (primary N) is 4. The molecule has 0 radical (unpaired) electrons. The fourth-order valence-corrected chi connectivity index (χ4v) is 3.71. The molecule has 0 heterocycles. The highest BCUT2D eigenvalue weighted by Gasteiger charge is 2.38. The number of rotatable bonds is 1. The molecule has 120 valence electrons. The third-order valence-corrected chi connectivity index (χ3v) is 4.09. The van der Waals surface area contributed by atoms with Gasteiger partial charge in [-0.1, -0.05) is 20.8 Å². The van der Waals surface area contributed by atoms with Crippen LogP contribution in [-0.2, 0) is 0 Å². The number of anilines is 2. The Morgan fingerprint density at radius 3 is 1.95 bits per heavy atom. The van der Waals surface area contributed by atoms with Crippen molar-refractivity contribution in [3.63, 3.8) is 0 Å². The van der Waals surface area contributed by atoms with E-state index in [0.717, 1.165) is 36.3 Å². The van der Waals surface area contributed by atoms with Crippen molar-refractivity contribution in [1.82, 2.24) is 0 Å². The van der Waals surface area contributed by atoms with Crippen LogP contribution in [0, 0.1) is 17.8 Å². The lowest BCUT2D eigenvalue weighted by Crippen LogP contribution is -2.45. The number of hydrogen-bond donors (Lipinski definition) is 4. The first kappa shape index (κ1) is 17.8. The zero-order chi connectivity index (χ0) is 16.3. The maximum Gasteiger partial charge on any atom is 0.0337 e. The van der Waals surface area contributed by atoms with Crippen molar-refractivity contribution in [2.45, 2.75) is 53.0 Å². The zero-order valence-corrected chi connectivity index (χ0v) is 13.9. The second-order valence-electron chi connectivity index (χ2n) is 7.70. The Balaban J connectivity index is 0.000000219. The molecule has 0 spiro atoms. The summed E-state index contributed by atoms with van der Waals surface area (Å²) in [7, 11) is 0. The summed E-state index contributed by atoms with van der Waals surface area (Å²) in [6.45, 7) is 9.57. The second kappa shape index (κ2) is 6.67. The van der Waals surface area contributed by atoms with Gasteiger partial charge in [0.1, 0.15) is 0 Å². The highest BCUT2D eigenvalue weighted by Crippen LogP contribution is 2.44. The Morgan fingerprint density at radius 2 is 1.57 bits per heavy atom. The van der Waals surface area contributed by atoms with E-state index in [-0.39, 0.29) is 5.41 Å². The zero-order valence-electron chi connectivity index (χ0n) is 13.9. The summed E-state index contributed by atoms with van der Waals surface area (Å²) >= 11 is 0. The van der Waals surface area contributed by atoms with Crippen LogP contribution in [0.5, 0.6) is 0 Å². The topological polar surface area (TPSA) is 104 Å². The average molecular weight is 292 g/mol. The fourth-order valence-electron chi connectivity index (χ4n) is 3.71. The van der Waals surface area contributed by atoms with Crippen molar-refractivity contribution in [2.75, 3.05) is 18.0 Å². The molecule has 1 fully saturated rings. The van der Waals surface area contributed by atoms with Crippen LogP contribution >= 0.6 is 0 Å². The molecule has 1 aromatic carbocycles. The summed E-state index contributed by atoms with van der Waals surface area (Å²) in [6, 6.07) is 5.86. The van der Waals surface area contributed by atoms with E-state index < -0.39 is 0 Å². The molecular weight excluding hydrogens is 260 g/mol. The van der Waals surface area contributed by atoms with Crippen LogP contribution in [0.1, 0.15) is 45.6 Å². The maximum absolute atomic E-state index is 6.01. The molecule has 0 saturated heterocycles. The van der Waals surface area contributed by atoms with Gasteiger partial charge in [0.2, 0.25) is 0 Å². The van der Waals surface area contributed by atoms with E-state index in [4.69, 9.17) is 22.9 Å². The molecule has 1 aromatic rings. The minimum absolute atomic E-state index is 0.279. The molecule has 1 aliphatic carbocycles. The average Bonchev–Trinajstić information content (AvgIpc) is 2.24. The molecule has 4 nitrogen and oxygen atoms in total. The Hall–Kier alpha value is -1.26. The van der Waals surface area contributed by atoms with Gasteiger partial charge in [-0.25, -0.2) is 0 Å². The van der Waals surface area contributed by atoms with Crippen LogP contribution in [0.4, 0.5) is 11.4 Å². The summed E-state index contributed by atoms with van der Waals surface area (Å²) in [4.78, 5) is 0. The van der Waals surface area contributed by atoms with E-state index >= 15 is 0 Å². The van der Waals surface area contributed by atoms with Gasteiger partial charge in [-0.3, -0.25) is 0 Å². The van der Waals surface area contributed by atoms with Gasteiger partial charge in [0.25, 0.3) is 0 Å². The molecule has 2 rings (SSSR count). The van der Waals surface area contributed by atoms with Crippen LogP contribution in [0.3, 0.4) is 0 Å². The van der Waals surface area contributed by atoms with E-state index in [2.05, 4.69) is 20.8 Å². The quantitative estimate of drug-likeness (QED) is 0.597. The van der Waals surface area contributed by atoms with Gasteiger partial charge in [-0.15, -0.1) is 0 Å². The minimum atomic E-state index is 0.279. The van der Waals surface area contributed by atoms with Gasteiger partial charge in [0.05, 0.1) is 0 Å². The molecule has 0 amide bonds. The smallest absolute Gasteiger partial charge is 0.0337 e. The first-order chi connectivity index (χ1) is 9.55. The van der Waals surface area contributed by atoms with Gasteiger partial charge in [-0.2, -0.15) is 0 Å². The monoisotopic (exact) mass is 292 g/mol.